The largest absolute Gasteiger partial charge is 0.493 e. The number of nitrogens with one attached hydrogen (secondary N) is 1. The van der Waals surface area contributed by atoms with Crippen molar-refractivity contribution in [1.29, 1.82) is 0 Å². The van der Waals surface area contributed by atoms with Crippen molar-refractivity contribution in [3.8, 4) is 5.75 Å². The normalized spacial score (nSPS) is 18.1. The zero-order chi connectivity index (χ0) is 18.8. The number of hydrogen-bond donors (Lipinski definition) is 2. The maximum absolute atomic E-state index is 12.3. The summed E-state index contributed by atoms with van der Waals surface area (Å²) in [5.74, 6) is 0.569. The Kier molecular flexibility index (Phi) is 6.18. The van der Waals surface area contributed by atoms with Crippen LogP contribution in [0.1, 0.15) is 38.7 Å². The van der Waals surface area contributed by atoms with Crippen LogP contribution in [0.3, 0.4) is 0 Å². The number of imide groups is 1. The van der Waals surface area contributed by atoms with Crippen molar-refractivity contribution in [3.05, 3.63) is 65.2 Å². The van der Waals surface area contributed by atoms with E-state index in [2.05, 4.69) is 10.3 Å². The number of para-hydroxylation sites is 1. The van der Waals surface area contributed by atoms with E-state index < -0.39 is 0 Å². The fourth-order valence-corrected chi connectivity index (χ4v) is 3.43. The van der Waals surface area contributed by atoms with Gasteiger partial charge in [-0.25, -0.2) is 0 Å². The predicted molar refractivity (Wildman–Crippen MR) is 116 cm³/mol. The molecule has 0 radical (unpaired) electrons. The first-order chi connectivity index (χ1) is 13.1. The first-order valence-corrected chi connectivity index (χ1v) is 8.88. The minimum atomic E-state index is -0.282. The molecule has 2 heterocycles. The van der Waals surface area contributed by atoms with E-state index in [1.54, 1.807) is 24.3 Å². The number of halogens is 1. The summed E-state index contributed by atoms with van der Waals surface area (Å²) < 4.78 is 5.64. The molecule has 1 unspecified atom stereocenters. The van der Waals surface area contributed by atoms with Crippen molar-refractivity contribution >= 4 is 41.8 Å². The molecule has 2 aliphatic heterocycles. The summed E-state index contributed by atoms with van der Waals surface area (Å²) in [5, 5.41) is 3.20. The summed E-state index contributed by atoms with van der Waals surface area (Å²) in [7, 11) is 0. The molecule has 1 atom stereocenters. The number of carbonyl (C=O) groups is 2. The summed E-state index contributed by atoms with van der Waals surface area (Å²) >= 11 is 0. The van der Waals surface area contributed by atoms with Crippen LogP contribution in [-0.4, -0.2) is 42.4 Å². The quantitative estimate of drug-likeness (QED) is 0.296. The Morgan fingerprint density at radius 1 is 1.11 bits per heavy atom. The second-order valence-electron chi connectivity index (χ2n) is 6.45. The number of amides is 2. The highest BCUT2D eigenvalue weighted by molar-refractivity contribution is 14.0. The molecule has 0 fully saturated rings. The number of hydrogen-bond acceptors (Lipinski definition) is 4. The number of rotatable bonds is 4. The van der Waals surface area contributed by atoms with Gasteiger partial charge in [-0.15, -0.1) is 24.0 Å². The molecule has 7 nitrogen and oxygen atoms in total. The fraction of sp³-hybridized carbons (Fsp3) is 0.250. The average molecular weight is 492 g/mol. The van der Waals surface area contributed by atoms with E-state index >= 15 is 0 Å². The van der Waals surface area contributed by atoms with Crippen LogP contribution in [0.5, 0.6) is 5.75 Å². The molecule has 0 saturated carbocycles. The van der Waals surface area contributed by atoms with Crippen LogP contribution in [0.2, 0.25) is 0 Å². The number of benzene rings is 2. The van der Waals surface area contributed by atoms with Crippen molar-refractivity contribution in [1.82, 2.24) is 10.2 Å². The van der Waals surface area contributed by atoms with Gasteiger partial charge in [0.2, 0.25) is 0 Å². The third-order valence-corrected chi connectivity index (χ3v) is 4.76. The van der Waals surface area contributed by atoms with Crippen molar-refractivity contribution in [2.24, 2.45) is 10.7 Å². The van der Waals surface area contributed by atoms with E-state index in [1.165, 1.54) is 4.90 Å². The minimum Gasteiger partial charge on any atom is -0.493 e. The van der Waals surface area contributed by atoms with Crippen LogP contribution in [-0.2, 0) is 0 Å². The molecule has 3 N–H and O–H groups in total. The molecular weight excluding hydrogens is 471 g/mol. The standard InChI is InChI=1S/C20H20N4O3.HI/c21-20(23-16-9-12-27-17-8-4-3-7-15(16)17)22-10-11-24-18(25)13-5-1-2-6-14(13)19(24)26;/h1-8,16H,9-12H2,(H3,21,22,23);1H. The van der Waals surface area contributed by atoms with Crippen LogP contribution in [0.4, 0.5) is 0 Å². The minimum absolute atomic E-state index is 0. The van der Waals surface area contributed by atoms with Gasteiger partial charge in [-0.3, -0.25) is 19.5 Å². The van der Waals surface area contributed by atoms with Crippen molar-refractivity contribution < 1.29 is 14.3 Å². The van der Waals surface area contributed by atoms with Crippen molar-refractivity contribution in [2.45, 2.75) is 12.5 Å². The lowest BCUT2D eigenvalue weighted by molar-refractivity contribution is 0.0659. The lowest BCUT2D eigenvalue weighted by Gasteiger charge is -2.27. The fourth-order valence-electron chi connectivity index (χ4n) is 3.43. The third kappa shape index (κ3) is 3.82. The molecule has 146 valence electrons. The van der Waals surface area contributed by atoms with Gasteiger partial charge in [0.25, 0.3) is 11.8 Å². The number of aliphatic imine (C=N–C) groups is 1. The van der Waals surface area contributed by atoms with Gasteiger partial charge in [0.1, 0.15) is 5.75 Å². The van der Waals surface area contributed by atoms with Crippen LogP contribution in [0.25, 0.3) is 0 Å². The summed E-state index contributed by atoms with van der Waals surface area (Å²) in [6.45, 7) is 1.05. The van der Waals surface area contributed by atoms with Gasteiger partial charge >= 0.3 is 0 Å². The maximum atomic E-state index is 12.3. The third-order valence-electron chi connectivity index (χ3n) is 4.76. The monoisotopic (exact) mass is 492 g/mol. The first kappa shape index (κ1) is 20.1. The first-order valence-electron chi connectivity index (χ1n) is 8.88. The van der Waals surface area contributed by atoms with Crippen LogP contribution < -0.4 is 15.8 Å². The van der Waals surface area contributed by atoms with E-state index in [-0.39, 0.29) is 60.9 Å². The average Bonchev–Trinajstić information content (AvgIpc) is 2.93. The Balaban J connectivity index is 0.00000225. The Morgan fingerprint density at radius 3 is 2.46 bits per heavy atom. The zero-order valence-electron chi connectivity index (χ0n) is 15.1. The van der Waals surface area contributed by atoms with Gasteiger partial charge in [0, 0.05) is 18.5 Å². The summed E-state index contributed by atoms with van der Waals surface area (Å²) in [5.41, 5.74) is 7.94. The number of ether oxygens (including phenoxy) is 1. The number of carbonyl (C=O) groups excluding carboxylic acids is 2. The van der Waals surface area contributed by atoms with Crippen molar-refractivity contribution in [3.63, 3.8) is 0 Å². The molecule has 0 bridgehead atoms. The van der Waals surface area contributed by atoms with Gasteiger partial charge in [-0.05, 0) is 18.2 Å². The highest BCUT2D eigenvalue weighted by atomic mass is 127. The molecule has 2 aliphatic rings. The Bertz CT molecular complexity index is 896. The molecule has 2 aromatic rings. The predicted octanol–water partition coefficient (Wildman–Crippen LogP) is 2.33. The molecule has 8 heteroatoms. The Labute approximate surface area is 180 Å². The van der Waals surface area contributed by atoms with E-state index in [9.17, 15) is 9.59 Å². The molecular formula is C20H21IN4O3. The summed E-state index contributed by atoms with van der Waals surface area (Å²) in [4.78, 5) is 30.2. The second-order valence-corrected chi connectivity index (χ2v) is 6.45. The number of nitrogens with two attached hydrogens (primary N) is 1. The number of nitrogens with zero attached hydrogens (tertiary/aromatic N) is 2. The molecule has 2 aromatic carbocycles. The molecule has 0 spiro atoms. The molecule has 28 heavy (non-hydrogen) atoms. The van der Waals surface area contributed by atoms with Gasteiger partial charge in [0.15, 0.2) is 5.96 Å². The molecule has 0 aliphatic carbocycles. The smallest absolute Gasteiger partial charge is 0.261 e. The van der Waals surface area contributed by atoms with Crippen LogP contribution in [0.15, 0.2) is 53.5 Å². The maximum Gasteiger partial charge on any atom is 0.261 e. The summed E-state index contributed by atoms with van der Waals surface area (Å²) in [6, 6.07) is 14.7. The second kappa shape index (κ2) is 8.59. The van der Waals surface area contributed by atoms with Crippen LogP contribution in [0, 0.1) is 0 Å². The van der Waals surface area contributed by atoms with Crippen LogP contribution >= 0.6 is 24.0 Å². The van der Waals surface area contributed by atoms with Crippen molar-refractivity contribution in [2.75, 3.05) is 19.7 Å². The molecule has 0 aromatic heterocycles. The topological polar surface area (TPSA) is 97.0 Å². The van der Waals surface area contributed by atoms with Gasteiger partial charge in [-0.1, -0.05) is 30.3 Å². The Hall–Kier alpha value is -2.62. The lowest BCUT2D eigenvalue weighted by Crippen LogP contribution is -2.38. The van der Waals surface area contributed by atoms with E-state index in [4.69, 9.17) is 10.5 Å². The van der Waals surface area contributed by atoms with E-state index in [1.807, 2.05) is 24.3 Å². The highest BCUT2D eigenvalue weighted by Crippen LogP contribution is 2.31. The lowest BCUT2D eigenvalue weighted by atomic mass is 10.0. The van der Waals surface area contributed by atoms with Gasteiger partial charge < -0.3 is 15.8 Å². The van der Waals surface area contributed by atoms with E-state index in [0.29, 0.717) is 17.7 Å². The van der Waals surface area contributed by atoms with Gasteiger partial charge in [0.05, 0.1) is 30.3 Å². The molecule has 4 rings (SSSR count). The zero-order valence-corrected chi connectivity index (χ0v) is 17.5. The Morgan fingerprint density at radius 2 is 1.75 bits per heavy atom. The van der Waals surface area contributed by atoms with E-state index in [0.717, 1.165) is 17.7 Å². The molecule has 2 amide bonds. The SMILES string of the molecule is I.NC(=NCCN1C(=O)c2ccccc2C1=O)NC1CCOc2ccccc21. The number of fused-ring (bicyclic) bond motifs is 2. The number of guanidine groups is 1. The summed E-state index contributed by atoms with van der Waals surface area (Å²) in [6.07, 6.45) is 0.783. The van der Waals surface area contributed by atoms with Gasteiger partial charge in [-0.2, -0.15) is 0 Å². The highest BCUT2D eigenvalue weighted by Gasteiger charge is 2.34. The molecule has 0 saturated heterocycles.